The first kappa shape index (κ1) is 16.2. The molecule has 0 aliphatic heterocycles. The molecule has 1 N–H and O–H groups in total. The molecule has 0 unspecified atom stereocenters. The second-order valence-corrected chi connectivity index (χ2v) is 5.71. The van der Waals surface area contributed by atoms with Crippen LogP contribution in [0.25, 0.3) is 17.5 Å². The molecule has 1 heterocycles. The Morgan fingerprint density at radius 1 is 1.00 bits per heavy atom. The molecule has 0 aliphatic rings. The minimum atomic E-state index is 0.0664. The van der Waals surface area contributed by atoms with Gasteiger partial charge in [0, 0.05) is 5.56 Å². The van der Waals surface area contributed by atoms with Crippen LogP contribution in [0, 0.1) is 6.92 Å². The Labute approximate surface area is 142 Å². The molecule has 3 aromatic rings. The number of aryl methyl sites for hydroxylation is 3. The van der Waals surface area contributed by atoms with Gasteiger partial charge in [-0.3, -0.25) is 0 Å². The van der Waals surface area contributed by atoms with Gasteiger partial charge in [0.05, 0.1) is 12.3 Å². The quantitative estimate of drug-likeness (QED) is 0.730. The van der Waals surface area contributed by atoms with Crippen molar-refractivity contribution >= 4 is 6.08 Å². The summed E-state index contributed by atoms with van der Waals surface area (Å²) < 4.78 is 5.81. The van der Waals surface area contributed by atoms with Crippen LogP contribution in [-0.4, -0.2) is 16.7 Å². The number of oxazole rings is 1. The zero-order chi connectivity index (χ0) is 16.8. The van der Waals surface area contributed by atoms with E-state index in [2.05, 4.69) is 29.2 Å². The number of benzene rings is 2. The lowest BCUT2D eigenvalue weighted by Crippen LogP contribution is -1.93. The topological polar surface area (TPSA) is 46.3 Å². The van der Waals surface area contributed by atoms with E-state index in [4.69, 9.17) is 9.52 Å². The van der Waals surface area contributed by atoms with E-state index in [-0.39, 0.29) is 6.61 Å². The monoisotopic (exact) mass is 319 g/mol. The molecule has 122 valence electrons. The summed E-state index contributed by atoms with van der Waals surface area (Å²) in [6, 6.07) is 18.3. The van der Waals surface area contributed by atoms with Crippen molar-refractivity contribution < 1.29 is 9.52 Å². The van der Waals surface area contributed by atoms with Crippen LogP contribution in [0.5, 0.6) is 0 Å². The first-order valence-electron chi connectivity index (χ1n) is 8.14. The minimum absolute atomic E-state index is 0.0664. The first-order valence-corrected chi connectivity index (χ1v) is 8.14. The summed E-state index contributed by atoms with van der Waals surface area (Å²) in [7, 11) is 0. The zero-order valence-electron chi connectivity index (χ0n) is 13.8. The van der Waals surface area contributed by atoms with Gasteiger partial charge < -0.3 is 9.52 Å². The van der Waals surface area contributed by atoms with E-state index < -0.39 is 0 Å². The van der Waals surface area contributed by atoms with Gasteiger partial charge in [-0.15, -0.1) is 0 Å². The molecule has 3 nitrogen and oxygen atoms in total. The number of nitrogens with zero attached hydrogens (tertiary/aromatic N) is 1. The van der Waals surface area contributed by atoms with Crippen molar-refractivity contribution in [2.75, 3.05) is 6.61 Å². The number of aliphatic hydroxyl groups excluding tert-OH is 1. The molecular weight excluding hydrogens is 298 g/mol. The lowest BCUT2D eigenvalue weighted by atomic mass is 10.1. The van der Waals surface area contributed by atoms with Crippen LogP contribution >= 0.6 is 0 Å². The van der Waals surface area contributed by atoms with Crippen molar-refractivity contribution in [3.8, 4) is 11.5 Å². The molecule has 1 aromatic heterocycles. The number of aromatic nitrogens is 1. The Morgan fingerprint density at radius 2 is 1.75 bits per heavy atom. The first-order chi connectivity index (χ1) is 11.8. The molecule has 0 atom stereocenters. The molecule has 0 amide bonds. The smallest absolute Gasteiger partial charge is 0.226 e. The van der Waals surface area contributed by atoms with Gasteiger partial charge in [-0.05, 0) is 43.0 Å². The molecule has 3 heteroatoms. The standard InChI is InChI=1S/C21H21NO2/c1-16-20(22-21(24-16)19-7-3-2-4-8-19)14-13-18-11-9-17(10-12-18)6-5-15-23/h2-12,23H,13-15H2,1H3. The molecule has 0 saturated carbocycles. The second kappa shape index (κ2) is 7.75. The van der Waals surface area contributed by atoms with Crippen molar-refractivity contribution in [3.63, 3.8) is 0 Å². The van der Waals surface area contributed by atoms with E-state index in [1.807, 2.05) is 43.3 Å². The number of rotatable bonds is 6. The fourth-order valence-electron chi connectivity index (χ4n) is 2.61. The Hall–Kier alpha value is -2.65. The van der Waals surface area contributed by atoms with E-state index in [1.54, 1.807) is 6.08 Å². The van der Waals surface area contributed by atoms with Crippen molar-refractivity contribution in [3.05, 3.63) is 83.3 Å². The van der Waals surface area contributed by atoms with Gasteiger partial charge in [-0.2, -0.15) is 0 Å². The average molecular weight is 319 g/mol. The van der Waals surface area contributed by atoms with E-state index >= 15 is 0 Å². The highest BCUT2D eigenvalue weighted by molar-refractivity contribution is 5.53. The van der Waals surface area contributed by atoms with Crippen molar-refractivity contribution in [2.45, 2.75) is 19.8 Å². The predicted molar refractivity (Wildman–Crippen MR) is 96.6 cm³/mol. The van der Waals surface area contributed by atoms with Crippen LogP contribution in [0.3, 0.4) is 0 Å². The highest BCUT2D eigenvalue weighted by atomic mass is 16.4. The Bertz CT molecular complexity index is 802. The Morgan fingerprint density at radius 3 is 2.46 bits per heavy atom. The Balaban J connectivity index is 1.66. The van der Waals surface area contributed by atoms with Crippen LogP contribution in [0.1, 0.15) is 22.6 Å². The fraction of sp³-hybridized carbons (Fsp3) is 0.190. The summed E-state index contributed by atoms with van der Waals surface area (Å²) in [6.45, 7) is 2.04. The zero-order valence-corrected chi connectivity index (χ0v) is 13.8. The van der Waals surface area contributed by atoms with Gasteiger partial charge in [0.1, 0.15) is 5.76 Å². The third-order valence-electron chi connectivity index (χ3n) is 3.96. The molecule has 0 radical (unpaired) electrons. The minimum Gasteiger partial charge on any atom is -0.441 e. The van der Waals surface area contributed by atoms with Crippen LogP contribution < -0.4 is 0 Å². The lowest BCUT2D eigenvalue weighted by molar-refractivity contribution is 0.343. The van der Waals surface area contributed by atoms with Crippen LogP contribution in [0.2, 0.25) is 0 Å². The van der Waals surface area contributed by atoms with Gasteiger partial charge in [0.25, 0.3) is 0 Å². The summed E-state index contributed by atoms with van der Waals surface area (Å²) in [5.41, 5.74) is 4.38. The third kappa shape index (κ3) is 4.00. The second-order valence-electron chi connectivity index (χ2n) is 5.71. The Kier molecular flexibility index (Phi) is 5.24. The van der Waals surface area contributed by atoms with Gasteiger partial charge in [-0.1, -0.05) is 54.6 Å². The molecule has 0 fully saturated rings. The number of hydrogen-bond acceptors (Lipinski definition) is 3. The van der Waals surface area contributed by atoms with Crippen LogP contribution in [-0.2, 0) is 12.8 Å². The molecular formula is C21H21NO2. The van der Waals surface area contributed by atoms with Gasteiger partial charge >= 0.3 is 0 Å². The molecule has 3 rings (SSSR count). The van der Waals surface area contributed by atoms with Crippen LogP contribution in [0.4, 0.5) is 0 Å². The third-order valence-corrected chi connectivity index (χ3v) is 3.96. The van der Waals surface area contributed by atoms with Crippen LogP contribution in [0.15, 0.2) is 65.1 Å². The number of aliphatic hydroxyl groups is 1. The highest BCUT2D eigenvalue weighted by Gasteiger charge is 2.11. The van der Waals surface area contributed by atoms with Gasteiger partial charge in [-0.25, -0.2) is 4.98 Å². The van der Waals surface area contributed by atoms with E-state index in [0.717, 1.165) is 35.4 Å². The molecule has 24 heavy (non-hydrogen) atoms. The largest absolute Gasteiger partial charge is 0.441 e. The summed E-state index contributed by atoms with van der Waals surface area (Å²) in [6.07, 6.45) is 5.43. The summed E-state index contributed by atoms with van der Waals surface area (Å²) >= 11 is 0. The van der Waals surface area contributed by atoms with Crippen molar-refractivity contribution in [1.29, 1.82) is 0 Å². The van der Waals surface area contributed by atoms with Crippen molar-refractivity contribution in [2.24, 2.45) is 0 Å². The maximum absolute atomic E-state index is 8.80. The summed E-state index contributed by atoms with van der Waals surface area (Å²) in [5, 5.41) is 8.80. The molecule has 0 bridgehead atoms. The van der Waals surface area contributed by atoms with Gasteiger partial charge in [0.2, 0.25) is 5.89 Å². The van der Waals surface area contributed by atoms with Crippen molar-refractivity contribution in [1.82, 2.24) is 4.98 Å². The summed E-state index contributed by atoms with van der Waals surface area (Å²) in [4.78, 5) is 4.65. The predicted octanol–water partition coefficient (Wildman–Crippen LogP) is 4.44. The number of hydrogen-bond donors (Lipinski definition) is 1. The molecule has 0 saturated heterocycles. The molecule has 0 aliphatic carbocycles. The maximum atomic E-state index is 8.80. The summed E-state index contributed by atoms with van der Waals surface area (Å²) in [5.74, 6) is 1.57. The SMILES string of the molecule is Cc1oc(-c2ccccc2)nc1CCc1ccc(C=CCO)cc1. The molecule has 2 aromatic carbocycles. The fourth-order valence-corrected chi connectivity index (χ4v) is 2.61. The average Bonchev–Trinajstić information content (AvgIpc) is 3.01. The van der Waals surface area contributed by atoms with E-state index in [0.29, 0.717) is 5.89 Å². The lowest BCUT2D eigenvalue weighted by Gasteiger charge is -2.01. The van der Waals surface area contributed by atoms with E-state index in [9.17, 15) is 0 Å². The maximum Gasteiger partial charge on any atom is 0.226 e. The molecule has 0 spiro atoms. The normalized spacial score (nSPS) is 11.2. The van der Waals surface area contributed by atoms with Gasteiger partial charge in [0.15, 0.2) is 0 Å². The highest BCUT2D eigenvalue weighted by Crippen LogP contribution is 2.22. The van der Waals surface area contributed by atoms with E-state index in [1.165, 1.54) is 5.56 Å².